The topological polar surface area (TPSA) is 38.8 Å². The number of benzene rings is 3. The van der Waals surface area contributed by atoms with Crippen LogP contribution in [0, 0.1) is 40.8 Å². The fourth-order valence-corrected chi connectivity index (χ4v) is 6.94. The lowest BCUT2D eigenvalue weighted by Gasteiger charge is -2.28. The summed E-state index contributed by atoms with van der Waals surface area (Å²) < 4.78 is 99.7. The number of carbonyl (C=O) groups excluding carboxylic acids is 1. The van der Waals surface area contributed by atoms with Gasteiger partial charge in [0.25, 0.3) is 0 Å². The molecule has 0 spiro atoms. The van der Waals surface area contributed by atoms with Crippen molar-refractivity contribution in [1.29, 1.82) is 0 Å². The molecule has 248 valence electrons. The Labute approximate surface area is 270 Å². The first-order valence-electron chi connectivity index (χ1n) is 16.2. The molecule has 1 aliphatic heterocycles. The molecule has 3 aromatic carbocycles. The SMILES string of the molecule is C/C=C/CCc1ccc(C2CCC(C(=O)Oc3ccc(C4CC=C(c5ccc(C6CO6)c(F)c5F)CC4)c(F)c3F)CC2)c(F)c1F. The molecule has 3 aromatic rings. The normalized spacial score (nSPS) is 22.7. The van der Waals surface area contributed by atoms with E-state index in [9.17, 15) is 22.4 Å². The van der Waals surface area contributed by atoms with E-state index in [4.69, 9.17) is 9.47 Å². The zero-order chi connectivity index (χ0) is 33.2. The molecule has 1 saturated heterocycles. The van der Waals surface area contributed by atoms with Gasteiger partial charge in [-0.25, -0.2) is 22.0 Å². The number of allylic oxidation sites excluding steroid dienone is 4. The van der Waals surface area contributed by atoms with Crippen LogP contribution >= 0.6 is 0 Å². The average molecular weight is 655 g/mol. The van der Waals surface area contributed by atoms with Crippen molar-refractivity contribution in [3.8, 4) is 5.75 Å². The van der Waals surface area contributed by atoms with E-state index in [1.54, 1.807) is 18.2 Å². The number of hydrogen-bond acceptors (Lipinski definition) is 3. The Balaban J connectivity index is 1.06. The molecule has 1 saturated carbocycles. The van der Waals surface area contributed by atoms with Crippen LogP contribution in [0.3, 0.4) is 0 Å². The van der Waals surface area contributed by atoms with Gasteiger partial charge in [-0.3, -0.25) is 4.79 Å². The van der Waals surface area contributed by atoms with E-state index < -0.39 is 64.6 Å². The zero-order valence-electron chi connectivity index (χ0n) is 26.1. The molecule has 2 unspecified atom stereocenters. The number of rotatable bonds is 9. The first kappa shape index (κ1) is 33.1. The molecule has 3 nitrogen and oxygen atoms in total. The molecule has 0 radical (unpaired) electrons. The van der Waals surface area contributed by atoms with Crippen LogP contribution < -0.4 is 4.74 Å². The van der Waals surface area contributed by atoms with Crippen molar-refractivity contribution in [3.63, 3.8) is 0 Å². The number of hydrogen-bond donors (Lipinski definition) is 0. The third-order valence-electron chi connectivity index (χ3n) is 9.78. The molecular weight excluding hydrogens is 618 g/mol. The summed E-state index contributed by atoms with van der Waals surface area (Å²) in [6.07, 6.45) is 8.65. The van der Waals surface area contributed by atoms with Gasteiger partial charge in [0.15, 0.2) is 34.8 Å². The number of carbonyl (C=O) groups is 1. The van der Waals surface area contributed by atoms with Crippen molar-refractivity contribution >= 4 is 11.5 Å². The first-order valence-corrected chi connectivity index (χ1v) is 16.2. The predicted molar refractivity (Wildman–Crippen MR) is 166 cm³/mol. The number of halogens is 6. The molecule has 6 rings (SSSR count). The maximum atomic E-state index is 15.2. The smallest absolute Gasteiger partial charge is 0.314 e. The van der Waals surface area contributed by atoms with E-state index in [2.05, 4.69) is 0 Å². The molecule has 2 fully saturated rings. The predicted octanol–water partition coefficient (Wildman–Crippen LogP) is 10.3. The lowest BCUT2D eigenvalue weighted by atomic mass is 9.78. The van der Waals surface area contributed by atoms with Gasteiger partial charge in [-0.05, 0) is 105 Å². The molecule has 0 amide bonds. The molecule has 47 heavy (non-hydrogen) atoms. The van der Waals surface area contributed by atoms with Crippen LogP contribution in [0.25, 0.3) is 5.57 Å². The average Bonchev–Trinajstić information content (AvgIpc) is 3.93. The highest BCUT2D eigenvalue weighted by molar-refractivity contribution is 5.75. The maximum Gasteiger partial charge on any atom is 0.314 e. The summed E-state index contributed by atoms with van der Waals surface area (Å²) in [4.78, 5) is 12.9. The quantitative estimate of drug-likeness (QED) is 0.0758. The van der Waals surface area contributed by atoms with Crippen LogP contribution in [0.15, 0.2) is 54.6 Å². The molecule has 2 atom stereocenters. The first-order chi connectivity index (χ1) is 22.7. The standard InChI is InChI=1S/C38H36F6O3/c1-2-3-4-5-24-14-15-26(33(40)32(24)39)23-10-12-25(13-11-23)38(45)47-30-19-18-28(35(42)37(30)44)22-8-6-21(7-9-22)27-16-17-29(31-20-46-31)36(43)34(27)41/h2-3,6,14-19,22-23,25,31H,4-5,7-13,20H2,1H3/b3-2+. The molecule has 0 N–H and O–H groups in total. The largest absolute Gasteiger partial charge is 0.423 e. The highest BCUT2D eigenvalue weighted by atomic mass is 19.2. The van der Waals surface area contributed by atoms with Gasteiger partial charge in [0.05, 0.1) is 12.5 Å². The molecular formula is C38H36F6O3. The van der Waals surface area contributed by atoms with Crippen LogP contribution in [-0.4, -0.2) is 12.6 Å². The highest BCUT2D eigenvalue weighted by Gasteiger charge is 2.33. The summed E-state index contributed by atoms with van der Waals surface area (Å²) in [5.74, 6) is -8.38. The number of aryl methyl sites for hydroxylation is 1. The number of ether oxygens (including phenoxy) is 2. The van der Waals surface area contributed by atoms with Gasteiger partial charge < -0.3 is 9.47 Å². The van der Waals surface area contributed by atoms with Crippen molar-refractivity contribution in [2.75, 3.05) is 6.61 Å². The second kappa shape index (κ2) is 14.1. The van der Waals surface area contributed by atoms with Crippen LogP contribution in [-0.2, 0) is 16.0 Å². The molecule has 9 heteroatoms. The van der Waals surface area contributed by atoms with E-state index in [0.29, 0.717) is 75.5 Å². The third kappa shape index (κ3) is 6.91. The minimum Gasteiger partial charge on any atom is -0.423 e. The summed E-state index contributed by atoms with van der Waals surface area (Å²) in [5, 5.41) is 0. The Hall–Kier alpha value is -3.85. The maximum absolute atomic E-state index is 15.2. The summed E-state index contributed by atoms with van der Waals surface area (Å²) in [5.41, 5.74) is 1.68. The minimum absolute atomic E-state index is 0.119. The van der Waals surface area contributed by atoms with Crippen molar-refractivity contribution < 1.29 is 40.6 Å². The van der Waals surface area contributed by atoms with Gasteiger partial charge in [0, 0.05) is 11.1 Å². The van der Waals surface area contributed by atoms with Crippen LogP contribution in [0.1, 0.15) is 104 Å². The third-order valence-corrected chi connectivity index (χ3v) is 9.78. The lowest BCUT2D eigenvalue weighted by Crippen LogP contribution is -2.26. The highest BCUT2D eigenvalue weighted by Crippen LogP contribution is 2.42. The van der Waals surface area contributed by atoms with Gasteiger partial charge in [0.2, 0.25) is 5.82 Å². The van der Waals surface area contributed by atoms with Crippen molar-refractivity contribution in [2.45, 2.75) is 82.7 Å². The van der Waals surface area contributed by atoms with Crippen molar-refractivity contribution in [1.82, 2.24) is 0 Å². The van der Waals surface area contributed by atoms with Crippen molar-refractivity contribution in [3.05, 3.63) is 117 Å². The summed E-state index contributed by atoms with van der Waals surface area (Å²) in [6, 6.07) is 8.92. The van der Waals surface area contributed by atoms with Gasteiger partial charge in [0.1, 0.15) is 6.10 Å². The second-order valence-corrected chi connectivity index (χ2v) is 12.7. The van der Waals surface area contributed by atoms with Gasteiger partial charge in [-0.1, -0.05) is 48.6 Å². The van der Waals surface area contributed by atoms with E-state index in [1.165, 1.54) is 24.3 Å². The van der Waals surface area contributed by atoms with Gasteiger partial charge >= 0.3 is 5.97 Å². The van der Waals surface area contributed by atoms with Gasteiger partial charge in [-0.2, -0.15) is 4.39 Å². The van der Waals surface area contributed by atoms with Crippen molar-refractivity contribution in [2.24, 2.45) is 5.92 Å². The molecule has 0 aromatic heterocycles. The van der Waals surface area contributed by atoms with Crippen LogP contribution in [0.2, 0.25) is 0 Å². The Morgan fingerprint density at radius 3 is 2.13 bits per heavy atom. The van der Waals surface area contributed by atoms with E-state index in [0.717, 1.165) is 0 Å². The molecule has 3 aliphatic rings. The molecule has 0 bridgehead atoms. The van der Waals surface area contributed by atoms with Gasteiger partial charge in [-0.15, -0.1) is 0 Å². The minimum atomic E-state index is -1.27. The van der Waals surface area contributed by atoms with Crippen LogP contribution in [0.4, 0.5) is 26.3 Å². The number of epoxide rings is 1. The molecule has 1 heterocycles. The summed E-state index contributed by atoms with van der Waals surface area (Å²) in [7, 11) is 0. The summed E-state index contributed by atoms with van der Waals surface area (Å²) in [6.45, 7) is 2.23. The summed E-state index contributed by atoms with van der Waals surface area (Å²) >= 11 is 0. The van der Waals surface area contributed by atoms with Crippen LogP contribution in [0.5, 0.6) is 5.75 Å². The van der Waals surface area contributed by atoms with E-state index >= 15 is 8.78 Å². The Bertz CT molecular complexity index is 1720. The zero-order valence-corrected chi connectivity index (χ0v) is 26.1. The fourth-order valence-electron chi connectivity index (χ4n) is 6.94. The Morgan fingerprint density at radius 1 is 0.787 bits per heavy atom. The Kier molecular flexibility index (Phi) is 9.92. The monoisotopic (exact) mass is 654 g/mol. The van der Waals surface area contributed by atoms with E-state index in [1.807, 2.05) is 19.1 Å². The lowest BCUT2D eigenvalue weighted by molar-refractivity contribution is -0.140. The molecule has 2 aliphatic carbocycles. The fraction of sp³-hybridized carbons (Fsp3) is 0.395. The number of esters is 1. The second-order valence-electron chi connectivity index (χ2n) is 12.7. The Morgan fingerprint density at radius 2 is 1.45 bits per heavy atom. The van der Waals surface area contributed by atoms with E-state index in [-0.39, 0.29) is 28.2 Å².